The Morgan fingerprint density at radius 2 is 1.37 bits per heavy atom. The van der Waals surface area contributed by atoms with E-state index in [1.807, 2.05) is 48.5 Å². The minimum absolute atomic E-state index is 0.0755. The normalized spacial score (nSPS) is 10.9. The van der Waals surface area contributed by atoms with Crippen LogP contribution in [0.25, 0.3) is 10.8 Å². The minimum atomic E-state index is -0.407. The lowest BCUT2D eigenvalue weighted by molar-refractivity contribution is 0.102. The third-order valence-electron chi connectivity index (χ3n) is 5.72. The summed E-state index contributed by atoms with van der Waals surface area (Å²) in [6.45, 7) is 0.697. The fourth-order valence-electron chi connectivity index (χ4n) is 3.94. The number of nitrogens with one attached hydrogen (secondary N) is 1. The summed E-state index contributed by atoms with van der Waals surface area (Å²) in [7, 11) is 0. The molecule has 0 atom stereocenters. The molecule has 1 amide bonds. The SMILES string of the molecule is O=C(Nc1ccc(Cn2ccccc2=O)cc1)c1nn(Cc2ccccc2)c(=O)c2ccccc12. The smallest absolute Gasteiger partial charge is 0.276 e. The monoisotopic (exact) mass is 462 g/mol. The van der Waals surface area contributed by atoms with Crippen molar-refractivity contribution in [2.45, 2.75) is 13.1 Å². The molecule has 0 unspecified atom stereocenters. The summed E-state index contributed by atoms with van der Waals surface area (Å²) in [5.41, 5.74) is 2.28. The van der Waals surface area contributed by atoms with Gasteiger partial charge in [-0.05, 0) is 35.4 Å². The van der Waals surface area contributed by atoms with Crippen LogP contribution in [-0.4, -0.2) is 20.3 Å². The van der Waals surface area contributed by atoms with Gasteiger partial charge in [0.25, 0.3) is 17.0 Å². The molecular formula is C28H22N4O3. The van der Waals surface area contributed by atoms with E-state index in [0.717, 1.165) is 11.1 Å². The number of rotatable bonds is 6. The first-order valence-electron chi connectivity index (χ1n) is 11.2. The van der Waals surface area contributed by atoms with Crippen molar-refractivity contribution in [2.24, 2.45) is 0 Å². The first kappa shape index (κ1) is 22.0. The van der Waals surface area contributed by atoms with Gasteiger partial charge in [-0.3, -0.25) is 14.4 Å². The van der Waals surface area contributed by atoms with Crippen LogP contribution < -0.4 is 16.4 Å². The molecule has 35 heavy (non-hydrogen) atoms. The van der Waals surface area contributed by atoms with E-state index in [1.54, 1.807) is 53.2 Å². The van der Waals surface area contributed by atoms with Crippen molar-refractivity contribution < 1.29 is 4.79 Å². The van der Waals surface area contributed by atoms with E-state index in [0.29, 0.717) is 23.0 Å². The molecule has 7 heteroatoms. The number of pyridine rings is 1. The summed E-state index contributed by atoms with van der Waals surface area (Å²) in [4.78, 5) is 38.2. The lowest BCUT2D eigenvalue weighted by atomic mass is 10.1. The highest BCUT2D eigenvalue weighted by Crippen LogP contribution is 2.17. The Balaban J connectivity index is 1.42. The Labute approximate surface area is 200 Å². The van der Waals surface area contributed by atoms with Gasteiger partial charge in [0.05, 0.1) is 18.5 Å². The van der Waals surface area contributed by atoms with Crippen LogP contribution in [0, 0.1) is 0 Å². The zero-order valence-corrected chi connectivity index (χ0v) is 18.8. The Bertz CT molecular complexity index is 1620. The molecule has 1 N–H and O–H groups in total. The van der Waals surface area contributed by atoms with E-state index in [4.69, 9.17) is 0 Å². The largest absolute Gasteiger partial charge is 0.321 e. The van der Waals surface area contributed by atoms with Gasteiger partial charge in [-0.2, -0.15) is 5.10 Å². The maximum Gasteiger partial charge on any atom is 0.276 e. The molecule has 172 valence electrons. The first-order chi connectivity index (χ1) is 17.1. The Morgan fingerprint density at radius 1 is 0.714 bits per heavy atom. The van der Waals surface area contributed by atoms with Crippen LogP contribution in [0.5, 0.6) is 0 Å². The molecule has 0 radical (unpaired) electrons. The van der Waals surface area contributed by atoms with Crippen LogP contribution in [-0.2, 0) is 13.1 Å². The van der Waals surface area contributed by atoms with Crippen LogP contribution in [0.1, 0.15) is 21.6 Å². The second-order valence-corrected chi connectivity index (χ2v) is 8.16. The van der Waals surface area contributed by atoms with Crippen LogP contribution >= 0.6 is 0 Å². The molecule has 0 aliphatic rings. The Kier molecular flexibility index (Phi) is 6.05. The van der Waals surface area contributed by atoms with Crippen LogP contribution in [0.15, 0.2) is 113 Å². The minimum Gasteiger partial charge on any atom is -0.321 e. The number of hydrogen-bond donors (Lipinski definition) is 1. The van der Waals surface area contributed by atoms with Crippen molar-refractivity contribution in [3.8, 4) is 0 Å². The van der Waals surface area contributed by atoms with Crippen molar-refractivity contribution in [3.63, 3.8) is 0 Å². The maximum atomic E-state index is 13.2. The van der Waals surface area contributed by atoms with Gasteiger partial charge in [-0.15, -0.1) is 0 Å². The molecule has 5 aromatic rings. The molecule has 2 heterocycles. The predicted molar refractivity (Wildman–Crippen MR) is 136 cm³/mol. The number of benzene rings is 3. The van der Waals surface area contributed by atoms with E-state index in [1.165, 1.54) is 10.7 Å². The average Bonchev–Trinajstić information content (AvgIpc) is 2.89. The molecule has 5 rings (SSSR count). The number of aromatic nitrogens is 3. The van der Waals surface area contributed by atoms with Crippen LogP contribution in [0.3, 0.4) is 0 Å². The molecule has 7 nitrogen and oxygen atoms in total. The highest BCUT2D eigenvalue weighted by atomic mass is 16.2. The number of anilines is 1. The van der Waals surface area contributed by atoms with E-state index in [-0.39, 0.29) is 23.4 Å². The predicted octanol–water partition coefficient (Wildman–Crippen LogP) is 3.91. The first-order valence-corrected chi connectivity index (χ1v) is 11.2. The topological polar surface area (TPSA) is 86.0 Å². The molecule has 0 fully saturated rings. The van der Waals surface area contributed by atoms with Crippen molar-refractivity contribution in [1.82, 2.24) is 14.3 Å². The van der Waals surface area contributed by atoms with Gasteiger partial charge in [-0.25, -0.2) is 4.68 Å². The van der Waals surface area contributed by atoms with Gasteiger partial charge in [-0.1, -0.05) is 66.7 Å². The molecule has 0 saturated carbocycles. The zero-order chi connectivity index (χ0) is 24.2. The highest BCUT2D eigenvalue weighted by molar-refractivity contribution is 6.11. The molecule has 3 aromatic carbocycles. The van der Waals surface area contributed by atoms with Gasteiger partial charge in [0, 0.05) is 23.3 Å². The van der Waals surface area contributed by atoms with E-state index in [9.17, 15) is 14.4 Å². The summed E-state index contributed by atoms with van der Waals surface area (Å²) in [5.74, 6) is -0.407. The average molecular weight is 463 g/mol. The van der Waals surface area contributed by atoms with Crippen LogP contribution in [0.4, 0.5) is 5.69 Å². The van der Waals surface area contributed by atoms with Crippen LogP contribution in [0.2, 0.25) is 0 Å². The lowest BCUT2D eigenvalue weighted by Crippen LogP contribution is -2.28. The number of carbonyl (C=O) groups excluding carboxylic acids is 1. The third kappa shape index (κ3) is 4.79. The number of amides is 1. The number of fused-ring (bicyclic) bond motifs is 1. The molecular weight excluding hydrogens is 440 g/mol. The van der Waals surface area contributed by atoms with Crippen molar-refractivity contribution in [2.75, 3.05) is 5.32 Å². The summed E-state index contributed by atoms with van der Waals surface area (Å²) in [6, 6.07) is 28.8. The van der Waals surface area contributed by atoms with Gasteiger partial charge >= 0.3 is 0 Å². The number of nitrogens with zero attached hydrogens (tertiary/aromatic N) is 3. The second kappa shape index (κ2) is 9.61. The van der Waals surface area contributed by atoms with E-state index < -0.39 is 5.91 Å². The fourth-order valence-corrected chi connectivity index (χ4v) is 3.94. The second-order valence-electron chi connectivity index (χ2n) is 8.16. The molecule has 0 saturated heterocycles. The fraction of sp³-hybridized carbons (Fsp3) is 0.0714. The number of hydrogen-bond acceptors (Lipinski definition) is 4. The van der Waals surface area contributed by atoms with Gasteiger partial charge < -0.3 is 9.88 Å². The summed E-state index contributed by atoms with van der Waals surface area (Å²) in [6.07, 6.45) is 1.74. The molecule has 2 aromatic heterocycles. The lowest BCUT2D eigenvalue weighted by Gasteiger charge is -2.12. The molecule has 0 aliphatic heterocycles. The van der Waals surface area contributed by atoms with Crippen molar-refractivity contribution in [1.29, 1.82) is 0 Å². The maximum absolute atomic E-state index is 13.2. The molecule has 0 spiro atoms. The van der Waals surface area contributed by atoms with Crippen molar-refractivity contribution in [3.05, 3.63) is 141 Å². The van der Waals surface area contributed by atoms with E-state index >= 15 is 0 Å². The van der Waals surface area contributed by atoms with Crippen molar-refractivity contribution >= 4 is 22.4 Å². The summed E-state index contributed by atoms with van der Waals surface area (Å²) >= 11 is 0. The van der Waals surface area contributed by atoms with Gasteiger partial charge in [0.1, 0.15) is 0 Å². The molecule has 0 bridgehead atoms. The quantitative estimate of drug-likeness (QED) is 0.415. The highest BCUT2D eigenvalue weighted by Gasteiger charge is 2.17. The van der Waals surface area contributed by atoms with Gasteiger partial charge in [0.15, 0.2) is 5.69 Å². The standard InChI is InChI=1S/C28H22N4O3/c33-25-12-6-7-17-31(25)18-21-13-15-22(16-14-21)29-27(34)26-23-10-4-5-11-24(23)28(35)32(30-26)19-20-8-2-1-3-9-20/h1-17H,18-19H2,(H,29,34). The van der Waals surface area contributed by atoms with Gasteiger partial charge in [0.2, 0.25) is 0 Å². The van der Waals surface area contributed by atoms with E-state index in [2.05, 4.69) is 10.4 Å². The zero-order valence-electron chi connectivity index (χ0n) is 18.8. The Morgan fingerprint density at radius 3 is 2.11 bits per heavy atom. The molecule has 0 aliphatic carbocycles. The third-order valence-corrected chi connectivity index (χ3v) is 5.72. The summed E-state index contributed by atoms with van der Waals surface area (Å²) < 4.78 is 2.94. The summed E-state index contributed by atoms with van der Waals surface area (Å²) in [5, 5.41) is 8.24. The Hall–Kier alpha value is -4.78. The number of carbonyl (C=O) groups is 1.